The molecule has 0 heterocycles. The van der Waals surface area contributed by atoms with Gasteiger partial charge in [-0.25, -0.2) is 8.42 Å². The van der Waals surface area contributed by atoms with Gasteiger partial charge in [0.25, 0.3) is 9.05 Å². The second kappa shape index (κ2) is 6.29. The summed E-state index contributed by atoms with van der Waals surface area (Å²) in [5, 5.41) is 0. The first-order chi connectivity index (χ1) is 8.59. The normalized spacial score (nSPS) is 12.5. The Labute approximate surface area is 120 Å². The van der Waals surface area contributed by atoms with Gasteiger partial charge in [0.15, 0.2) is 0 Å². The zero-order chi connectivity index (χ0) is 14.7. The predicted octanol–water partition coefficient (Wildman–Crippen LogP) is 3.29. The van der Waals surface area contributed by atoms with Crippen molar-refractivity contribution in [1.82, 2.24) is 0 Å². The SMILES string of the molecule is O=S(=O)(Cl)c1ccc(OCCOC(F)(F)F)c(Br)c1. The van der Waals surface area contributed by atoms with E-state index in [4.69, 9.17) is 15.4 Å². The number of benzene rings is 1. The highest BCUT2D eigenvalue weighted by Gasteiger charge is 2.28. The molecule has 0 amide bonds. The van der Waals surface area contributed by atoms with E-state index in [-0.39, 0.29) is 21.7 Å². The van der Waals surface area contributed by atoms with E-state index < -0.39 is 22.0 Å². The number of rotatable bonds is 5. The van der Waals surface area contributed by atoms with Crippen molar-refractivity contribution in [2.75, 3.05) is 13.2 Å². The number of halogens is 5. The topological polar surface area (TPSA) is 52.6 Å². The molecule has 0 unspecified atom stereocenters. The molecule has 0 radical (unpaired) electrons. The van der Waals surface area contributed by atoms with Crippen LogP contribution in [-0.2, 0) is 13.8 Å². The number of alkyl halides is 3. The van der Waals surface area contributed by atoms with E-state index in [9.17, 15) is 21.6 Å². The van der Waals surface area contributed by atoms with Crippen LogP contribution in [0.5, 0.6) is 5.75 Å². The zero-order valence-corrected chi connectivity index (χ0v) is 12.2. The van der Waals surface area contributed by atoms with Crippen LogP contribution in [0.25, 0.3) is 0 Å². The summed E-state index contributed by atoms with van der Waals surface area (Å²) in [7, 11) is 1.25. The van der Waals surface area contributed by atoms with Crippen molar-refractivity contribution in [3.8, 4) is 5.75 Å². The van der Waals surface area contributed by atoms with Gasteiger partial charge in [0, 0.05) is 10.7 Å². The maximum Gasteiger partial charge on any atom is 0.522 e. The van der Waals surface area contributed by atoms with E-state index in [2.05, 4.69) is 20.7 Å². The molecular weight excluding hydrogens is 377 g/mol. The molecule has 0 aliphatic carbocycles. The maximum absolute atomic E-state index is 11.7. The van der Waals surface area contributed by atoms with Gasteiger partial charge in [-0.2, -0.15) is 0 Å². The Morgan fingerprint density at radius 2 is 1.89 bits per heavy atom. The Bertz CT molecular complexity index is 547. The fraction of sp³-hybridized carbons (Fsp3) is 0.333. The van der Waals surface area contributed by atoms with Gasteiger partial charge in [-0.15, -0.1) is 13.2 Å². The molecule has 0 bridgehead atoms. The highest BCUT2D eigenvalue weighted by Crippen LogP contribution is 2.29. The molecule has 108 valence electrons. The summed E-state index contributed by atoms with van der Waals surface area (Å²) in [5.74, 6) is 0.176. The summed E-state index contributed by atoms with van der Waals surface area (Å²) in [6, 6.07) is 3.63. The van der Waals surface area contributed by atoms with Crippen molar-refractivity contribution in [3.63, 3.8) is 0 Å². The third-order valence-corrected chi connectivity index (χ3v) is 3.76. The molecule has 0 atom stereocenters. The highest BCUT2D eigenvalue weighted by molar-refractivity contribution is 9.10. The lowest BCUT2D eigenvalue weighted by molar-refractivity contribution is -0.325. The Balaban J connectivity index is 2.61. The summed E-state index contributed by atoms with van der Waals surface area (Å²) in [6.45, 7) is -1.02. The van der Waals surface area contributed by atoms with E-state index >= 15 is 0 Å². The Morgan fingerprint density at radius 3 is 2.37 bits per heavy atom. The minimum absolute atomic E-state index is 0.153. The van der Waals surface area contributed by atoms with Crippen LogP contribution >= 0.6 is 26.6 Å². The quantitative estimate of drug-likeness (QED) is 0.578. The third-order valence-electron chi connectivity index (χ3n) is 1.79. The molecule has 0 aromatic heterocycles. The predicted molar refractivity (Wildman–Crippen MR) is 64.7 cm³/mol. The van der Waals surface area contributed by atoms with Crippen LogP contribution in [0.4, 0.5) is 13.2 Å². The van der Waals surface area contributed by atoms with Gasteiger partial charge >= 0.3 is 6.36 Å². The molecular formula is C9H7BrClF3O4S. The van der Waals surface area contributed by atoms with E-state index in [1.54, 1.807) is 0 Å². The average molecular weight is 384 g/mol. The first-order valence-electron chi connectivity index (χ1n) is 4.67. The molecule has 4 nitrogen and oxygen atoms in total. The standard InChI is InChI=1S/C9H7BrClF3O4S/c10-7-5-6(19(11,15)16)1-2-8(7)17-3-4-18-9(12,13)14/h1-2,5H,3-4H2. The van der Waals surface area contributed by atoms with Crippen molar-refractivity contribution in [2.24, 2.45) is 0 Å². The first kappa shape index (κ1) is 16.5. The van der Waals surface area contributed by atoms with Crippen molar-refractivity contribution in [2.45, 2.75) is 11.3 Å². The first-order valence-corrected chi connectivity index (χ1v) is 7.77. The molecule has 1 rings (SSSR count). The lowest BCUT2D eigenvalue weighted by Gasteiger charge is -2.10. The molecule has 0 N–H and O–H groups in total. The van der Waals surface area contributed by atoms with Crippen LogP contribution in [0, 0.1) is 0 Å². The molecule has 1 aromatic rings. The second-order valence-corrected chi connectivity index (χ2v) is 6.59. The van der Waals surface area contributed by atoms with Crippen molar-refractivity contribution < 1.29 is 31.1 Å². The zero-order valence-electron chi connectivity index (χ0n) is 9.08. The molecule has 19 heavy (non-hydrogen) atoms. The summed E-state index contributed by atoms with van der Waals surface area (Å²) in [6.07, 6.45) is -4.71. The molecule has 0 spiro atoms. The number of ether oxygens (including phenoxy) is 2. The van der Waals surface area contributed by atoms with E-state index in [0.29, 0.717) is 0 Å². The fourth-order valence-electron chi connectivity index (χ4n) is 1.06. The Hall–Kier alpha value is -0.510. The van der Waals surface area contributed by atoms with Crippen LogP contribution in [0.15, 0.2) is 27.6 Å². The molecule has 0 saturated carbocycles. The largest absolute Gasteiger partial charge is 0.522 e. The molecule has 0 saturated heterocycles. The van der Waals surface area contributed by atoms with Gasteiger partial charge in [0.2, 0.25) is 0 Å². The van der Waals surface area contributed by atoms with Gasteiger partial charge in [-0.05, 0) is 34.1 Å². The number of hydrogen-bond donors (Lipinski definition) is 0. The maximum atomic E-state index is 11.7. The van der Waals surface area contributed by atoms with Crippen molar-refractivity contribution >= 4 is 35.7 Å². The highest BCUT2D eigenvalue weighted by atomic mass is 79.9. The van der Waals surface area contributed by atoms with Gasteiger partial charge in [0.1, 0.15) is 12.4 Å². The lowest BCUT2D eigenvalue weighted by Crippen LogP contribution is -2.18. The van der Waals surface area contributed by atoms with Gasteiger partial charge < -0.3 is 4.74 Å². The van der Waals surface area contributed by atoms with Crippen LogP contribution in [0.3, 0.4) is 0 Å². The smallest absolute Gasteiger partial charge is 0.490 e. The third kappa shape index (κ3) is 5.98. The Morgan fingerprint density at radius 1 is 1.26 bits per heavy atom. The number of hydrogen-bond acceptors (Lipinski definition) is 4. The Kier molecular flexibility index (Phi) is 5.48. The fourth-order valence-corrected chi connectivity index (χ4v) is 2.48. The molecule has 0 aliphatic rings. The van der Waals surface area contributed by atoms with Gasteiger partial charge in [-0.3, -0.25) is 4.74 Å². The van der Waals surface area contributed by atoms with E-state index in [1.807, 2.05) is 0 Å². The molecule has 0 aliphatic heterocycles. The summed E-state index contributed by atoms with van der Waals surface area (Å²) in [4.78, 5) is -0.153. The monoisotopic (exact) mass is 382 g/mol. The van der Waals surface area contributed by atoms with E-state index in [1.165, 1.54) is 18.2 Å². The molecule has 1 aromatic carbocycles. The van der Waals surface area contributed by atoms with Gasteiger partial charge in [-0.1, -0.05) is 0 Å². The lowest BCUT2D eigenvalue weighted by atomic mass is 10.3. The average Bonchev–Trinajstić information content (AvgIpc) is 2.23. The van der Waals surface area contributed by atoms with Crippen LogP contribution in [0.1, 0.15) is 0 Å². The van der Waals surface area contributed by atoms with E-state index in [0.717, 1.165) is 0 Å². The molecule has 0 fully saturated rings. The van der Waals surface area contributed by atoms with Crippen molar-refractivity contribution in [1.29, 1.82) is 0 Å². The summed E-state index contributed by atoms with van der Waals surface area (Å²) >= 11 is 3.02. The van der Waals surface area contributed by atoms with Crippen LogP contribution < -0.4 is 4.74 Å². The summed E-state index contributed by atoms with van der Waals surface area (Å²) < 4.78 is 65.8. The minimum Gasteiger partial charge on any atom is -0.490 e. The minimum atomic E-state index is -4.71. The van der Waals surface area contributed by atoms with Crippen LogP contribution in [0.2, 0.25) is 0 Å². The summed E-state index contributed by atoms with van der Waals surface area (Å²) in [5.41, 5.74) is 0. The van der Waals surface area contributed by atoms with Crippen LogP contribution in [-0.4, -0.2) is 28.0 Å². The second-order valence-electron chi connectivity index (χ2n) is 3.17. The van der Waals surface area contributed by atoms with Gasteiger partial charge in [0.05, 0.1) is 16.0 Å². The van der Waals surface area contributed by atoms with Crippen molar-refractivity contribution in [3.05, 3.63) is 22.7 Å². The molecule has 10 heteroatoms.